The molecule has 0 aliphatic heterocycles. The molecule has 3 rings (SSSR count). The quantitative estimate of drug-likeness (QED) is 0.803. The summed E-state index contributed by atoms with van der Waals surface area (Å²) in [5.74, 6) is 0. The van der Waals surface area contributed by atoms with Crippen molar-refractivity contribution >= 4 is 26.7 Å². The first-order valence-corrected chi connectivity index (χ1v) is 7.09. The lowest BCUT2D eigenvalue weighted by molar-refractivity contribution is 1.12. The Hall–Kier alpha value is -2.27. The SMILES string of the molecule is Cc1cnc2sc(NCc3ccccc3)nc(=O)c2c1. The molecule has 0 bridgehead atoms. The van der Waals surface area contributed by atoms with Crippen LogP contribution in [-0.4, -0.2) is 9.97 Å². The van der Waals surface area contributed by atoms with Crippen LogP contribution in [0.25, 0.3) is 10.2 Å². The number of pyridine rings is 1. The minimum atomic E-state index is -0.231. The van der Waals surface area contributed by atoms with Gasteiger partial charge in [-0.15, -0.1) is 0 Å². The summed E-state index contributed by atoms with van der Waals surface area (Å²) in [4.78, 5) is 21.1. The van der Waals surface area contributed by atoms with Crippen molar-refractivity contribution in [1.29, 1.82) is 0 Å². The Morgan fingerprint density at radius 2 is 2.05 bits per heavy atom. The van der Waals surface area contributed by atoms with Gasteiger partial charge in [0, 0.05) is 12.7 Å². The van der Waals surface area contributed by atoms with Crippen LogP contribution in [0.2, 0.25) is 0 Å². The van der Waals surface area contributed by atoms with E-state index < -0.39 is 0 Å². The van der Waals surface area contributed by atoms with Crippen LogP contribution in [0.15, 0.2) is 47.4 Å². The third-order valence-electron chi connectivity index (χ3n) is 2.90. The normalized spacial score (nSPS) is 10.7. The van der Waals surface area contributed by atoms with E-state index in [9.17, 15) is 4.79 Å². The zero-order chi connectivity index (χ0) is 13.9. The summed E-state index contributed by atoms with van der Waals surface area (Å²) in [6.07, 6.45) is 1.76. The molecule has 0 amide bonds. The summed E-state index contributed by atoms with van der Waals surface area (Å²) >= 11 is 1.40. The third kappa shape index (κ3) is 2.67. The number of hydrogen-bond acceptors (Lipinski definition) is 5. The number of nitrogens with one attached hydrogen (secondary N) is 1. The van der Waals surface area contributed by atoms with Crippen LogP contribution in [0, 0.1) is 6.92 Å². The summed E-state index contributed by atoms with van der Waals surface area (Å²) in [5, 5.41) is 4.36. The van der Waals surface area contributed by atoms with Gasteiger partial charge < -0.3 is 5.32 Å². The van der Waals surface area contributed by atoms with E-state index in [0.29, 0.717) is 21.9 Å². The molecule has 0 spiro atoms. The second-order valence-electron chi connectivity index (χ2n) is 4.53. The Kier molecular flexibility index (Phi) is 3.43. The fraction of sp³-hybridized carbons (Fsp3) is 0.133. The lowest BCUT2D eigenvalue weighted by Gasteiger charge is -2.05. The monoisotopic (exact) mass is 283 g/mol. The number of rotatable bonds is 3. The number of benzene rings is 1. The number of hydrogen-bond donors (Lipinski definition) is 1. The summed E-state index contributed by atoms with van der Waals surface area (Å²) in [6, 6.07) is 11.8. The molecule has 0 atom stereocenters. The molecule has 2 aromatic heterocycles. The molecule has 5 heteroatoms. The standard InChI is InChI=1S/C15H13N3OS/c1-10-7-12-13(19)18-15(20-14(12)16-8-10)17-9-11-5-3-2-4-6-11/h2-8H,9H2,1H3,(H,17,18,19). The van der Waals surface area contributed by atoms with E-state index in [-0.39, 0.29) is 5.56 Å². The first-order valence-electron chi connectivity index (χ1n) is 6.28. The molecular weight excluding hydrogens is 270 g/mol. The van der Waals surface area contributed by atoms with E-state index in [1.807, 2.05) is 43.3 Å². The average molecular weight is 283 g/mol. The van der Waals surface area contributed by atoms with Crippen LogP contribution in [0.3, 0.4) is 0 Å². The summed E-state index contributed by atoms with van der Waals surface area (Å²) in [7, 11) is 0. The topological polar surface area (TPSA) is 54.9 Å². The Morgan fingerprint density at radius 3 is 2.85 bits per heavy atom. The first-order chi connectivity index (χ1) is 9.72. The van der Waals surface area contributed by atoms with E-state index >= 15 is 0 Å². The van der Waals surface area contributed by atoms with Gasteiger partial charge >= 0.3 is 0 Å². The van der Waals surface area contributed by atoms with Gasteiger partial charge in [0.15, 0.2) is 5.13 Å². The van der Waals surface area contributed by atoms with E-state index in [1.54, 1.807) is 6.20 Å². The molecule has 3 aromatic rings. The Balaban J connectivity index is 1.89. The Morgan fingerprint density at radius 1 is 1.25 bits per heavy atom. The zero-order valence-electron chi connectivity index (χ0n) is 11.0. The van der Waals surface area contributed by atoms with Gasteiger partial charge in [0.2, 0.25) is 0 Å². The predicted molar refractivity (Wildman–Crippen MR) is 82.2 cm³/mol. The summed E-state index contributed by atoms with van der Waals surface area (Å²) < 4.78 is 0. The molecule has 0 radical (unpaired) electrons. The summed E-state index contributed by atoms with van der Waals surface area (Å²) in [6.45, 7) is 2.55. The molecule has 4 nitrogen and oxygen atoms in total. The number of aromatic nitrogens is 2. The highest BCUT2D eigenvalue weighted by Gasteiger charge is 2.05. The molecule has 0 unspecified atom stereocenters. The van der Waals surface area contributed by atoms with Crippen molar-refractivity contribution in [3.63, 3.8) is 0 Å². The fourth-order valence-electron chi connectivity index (χ4n) is 1.91. The Labute approximate surface area is 120 Å². The van der Waals surface area contributed by atoms with Crippen LogP contribution in [-0.2, 0) is 6.54 Å². The molecule has 0 fully saturated rings. The van der Waals surface area contributed by atoms with E-state index in [0.717, 1.165) is 11.1 Å². The van der Waals surface area contributed by atoms with Crippen molar-refractivity contribution in [2.45, 2.75) is 13.5 Å². The van der Waals surface area contributed by atoms with Crippen LogP contribution in [0.4, 0.5) is 5.13 Å². The molecule has 0 aliphatic carbocycles. The highest BCUT2D eigenvalue weighted by atomic mass is 32.1. The van der Waals surface area contributed by atoms with Gasteiger partial charge in [0.05, 0.1) is 5.39 Å². The first kappa shape index (κ1) is 12.7. The maximum Gasteiger partial charge on any atom is 0.282 e. The molecular formula is C15H13N3OS. The van der Waals surface area contributed by atoms with Gasteiger partial charge in [-0.1, -0.05) is 41.7 Å². The number of nitrogens with zero attached hydrogens (tertiary/aromatic N) is 2. The van der Waals surface area contributed by atoms with Gasteiger partial charge in [-0.05, 0) is 24.1 Å². The van der Waals surface area contributed by atoms with Gasteiger partial charge in [0.1, 0.15) is 4.83 Å². The van der Waals surface area contributed by atoms with Crippen molar-refractivity contribution < 1.29 is 0 Å². The van der Waals surface area contributed by atoms with Crippen LogP contribution < -0.4 is 10.9 Å². The van der Waals surface area contributed by atoms with E-state index in [2.05, 4.69) is 15.3 Å². The largest absolute Gasteiger partial charge is 0.357 e. The number of aryl methyl sites for hydroxylation is 1. The molecule has 2 heterocycles. The smallest absolute Gasteiger partial charge is 0.282 e. The second kappa shape index (κ2) is 5.38. The molecule has 0 saturated heterocycles. The molecule has 1 N–H and O–H groups in total. The van der Waals surface area contributed by atoms with Crippen molar-refractivity contribution in [3.05, 3.63) is 64.1 Å². The molecule has 0 aliphatic rings. The fourth-order valence-corrected chi connectivity index (χ4v) is 2.72. The zero-order valence-corrected chi connectivity index (χ0v) is 11.8. The minimum Gasteiger partial charge on any atom is -0.357 e. The van der Waals surface area contributed by atoms with Crippen LogP contribution in [0.1, 0.15) is 11.1 Å². The summed E-state index contributed by atoms with van der Waals surface area (Å²) in [5.41, 5.74) is 1.88. The molecule has 1 aromatic carbocycles. The van der Waals surface area contributed by atoms with Crippen molar-refractivity contribution in [2.24, 2.45) is 0 Å². The maximum atomic E-state index is 12.0. The van der Waals surface area contributed by atoms with Gasteiger partial charge in [0.25, 0.3) is 5.56 Å². The highest BCUT2D eigenvalue weighted by molar-refractivity contribution is 7.21. The van der Waals surface area contributed by atoms with Gasteiger partial charge in [-0.2, -0.15) is 4.98 Å². The number of fused-ring (bicyclic) bond motifs is 1. The van der Waals surface area contributed by atoms with Crippen molar-refractivity contribution in [3.8, 4) is 0 Å². The molecule has 100 valence electrons. The van der Waals surface area contributed by atoms with E-state index in [4.69, 9.17) is 0 Å². The van der Waals surface area contributed by atoms with Gasteiger partial charge in [-0.3, -0.25) is 4.79 Å². The maximum absolute atomic E-state index is 12.0. The molecule has 20 heavy (non-hydrogen) atoms. The Bertz CT molecular complexity index is 799. The highest BCUT2D eigenvalue weighted by Crippen LogP contribution is 2.19. The molecule has 0 saturated carbocycles. The lowest BCUT2D eigenvalue weighted by Crippen LogP contribution is -2.10. The predicted octanol–water partition coefficient (Wildman–Crippen LogP) is 2.97. The third-order valence-corrected chi connectivity index (χ3v) is 3.85. The lowest BCUT2D eigenvalue weighted by atomic mass is 10.2. The van der Waals surface area contributed by atoms with Gasteiger partial charge in [-0.25, -0.2) is 4.98 Å². The van der Waals surface area contributed by atoms with Crippen LogP contribution >= 0.6 is 11.3 Å². The second-order valence-corrected chi connectivity index (χ2v) is 5.51. The van der Waals surface area contributed by atoms with E-state index in [1.165, 1.54) is 11.3 Å². The number of anilines is 1. The minimum absolute atomic E-state index is 0.231. The average Bonchev–Trinajstić information content (AvgIpc) is 2.47. The van der Waals surface area contributed by atoms with Crippen LogP contribution in [0.5, 0.6) is 0 Å². The van der Waals surface area contributed by atoms with Crippen molar-refractivity contribution in [1.82, 2.24) is 9.97 Å². The van der Waals surface area contributed by atoms with Crippen molar-refractivity contribution in [2.75, 3.05) is 5.32 Å².